The summed E-state index contributed by atoms with van der Waals surface area (Å²) in [5, 5.41) is 14.7. The van der Waals surface area contributed by atoms with Crippen LogP contribution in [0.1, 0.15) is 48.9 Å². The van der Waals surface area contributed by atoms with Crippen LogP contribution in [0.25, 0.3) is 11.0 Å². The molecular formula is C29H31N5O4. The van der Waals surface area contributed by atoms with E-state index in [1.165, 1.54) is 0 Å². The fourth-order valence-electron chi connectivity index (χ4n) is 4.99. The maximum atomic E-state index is 14.1. The number of fused-ring (bicyclic) bond motifs is 1. The van der Waals surface area contributed by atoms with E-state index in [2.05, 4.69) is 20.9 Å². The molecule has 1 fully saturated rings. The van der Waals surface area contributed by atoms with E-state index < -0.39 is 12.1 Å². The predicted octanol–water partition coefficient (Wildman–Crippen LogP) is 3.95. The van der Waals surface area contributed by atoms with Crippen molar-refractivity contribution in [2.75, 3.05) is 14.2 Å². The van der Waals surface area contributed by atoms with Crippen LogP contribution in [-0.2, 0) is 9.59 Å². The molecular weight excluding hydrogens is 482 g/mol. The molecule has 0 saturated heterocycles. The summed E-state index contributed by atoms with van der Waals surface area (Å²) in [6, 6.07) is 20.3. The molecule has 4 aromatic rings. The van der Waals surface area contributed by atoms with E-state index >= 15 is 0 Å². The minimum Gasteiger partial charge on any atom is -0.497 e. The Hall–Kier alpha value is -4.40. The van der Waals surface area contributed by atoms with Gasteiger partial charge in [0.2, 0.25) is 11.8 Å². The Bertz CT molecular complexity index is 1390. The Balaban J connectivity index is 1.54. The fourth-order valence-corrected chi connectivity index (χ4v) is 4.99. The topological polar surface area (TPSA) is 107 Å². The molecule has 1 heterocycles. The Morgan fingerprint density at radius 1 is 0.868 bits per heavy atom. The molecule has 38 heavy (non-hydrogen) atoms. The molecule has 0 spiro atoms. The minimum atomic E-state index is -0.979. The number of carbonyl (C=O) groups is 2. The number of hydrogen-bond acceptors (Lipinski definition) is 6. The molecule has 196 valence electrons. The summed E-state index contributed by atoms with van der Waals surface area (Å²) in [7, 11) is 3.10. The molecule has 0 bridgehead atoms. The SMILES string of the molecule is COc1cc(OC)cc([C@H](NC(=O)[C@@H](c2ccccc2)n2nnc3ccccc32)C(=O)NC2CCCC2)c1. The van der Waals surface area contributed by atoms with E-state index in [-0.39, 0.29) is 17.9 Å². The highest BCUT2D eigenvalue weighted by molar-refractivity contribution is 5.92. The summed E-state index contributed by atoms with van der Waals surface area (Å²) < 4.78 is 12.5. The second kappa shape index (κ2) is 11.3. The zero-order chi connectivity index (χ0) is 26.5. The lowest BCUT2D eigenvalue weighted by Crippen LogP contribution is -2.45. The highest BCUT2D eigenvalue weighted by Crippen LogP contribution is 2.29. The van der Waals surface area contributed by atoms with Gasteiger partial charge in [0.25, 0.3) is 0 Å². The molecule has 2 atom stereocenters. The largest absolute Gasteiger partial charge is 0.497 e. The number of aromatic nitrogens is 3. The third-order valence-electron chi connectivity index (χ3n) is 6.94. The first kappa shape index (κ1) is 25.3. The summed E-state index contributed by atoms with van der Waals surface area (Å²) in [6.45, 7) is 0. The van der Waals surface area contributed by atoms with E-state index in [1.807, 2.05) is 54.6 Å². The molecule has 5 rings (SSSR count). The molecule has 1 aliphatic carbocycles. The lowest BCUT2D eigenvalue weighted by molar-refractivity contribution is -0.130. The highest BCUT2D eigenvalue weighted by atomic mass is 16.5. The Kier molecular flexibility index (Phi) is 7.53. The van der Waals surface area contributed by atoms with E-state index in [0.717, 1.165) is 31.2 Å². The Morgan fingerprint density at radius 2 is 1.53 bits per heavy atom. The third kappa shape index (κ3) is 5.32. The van der Waals surface area contributed by atoms with Gasteiger partial charge in [0.1, 0.15) is 23.1 Å². The number of ether oxygens (including phenoxy) is 2. The van der Waals surface area contributed by atoms with Gasteiger partial charge in [-0.25, -0.2) is 4.68 Å². The summed E-state index contributed by atoms with van der Waals surface area (Å²) in [5.74, 6) is 0.374. The van der Waals surface area contributed by atoms with E-state index in [0.29, 0.717) is 28.1 Å². The normalized spacial score (nSPS) is 15.1. The molecule has 0 unspecified atom stereocenters. The van der Waals surface area contributed by atoms with Crippen molar-refractivity contribution < 1.29 is 19.1 Å². The average Bonchev–Trinajstić information content (AvgIpc) is 3.62. The van der Waals surface area contributed by atoms with Crippen molar-refractivity contribution in [2.45, 2.75) is 43.8 Å². The fraction of sp³-hybridized carbons (Fsp3) is 0.310. The maximum Gasteiger partial charge on any atom is 0.250 e. The van der Waals surface area contributed by atoms with Crippen LogP contribution in [-0.4, -0.2) is 47.1 Å². The van der Waals surface area contributed by atoms with Crippen molar-refractivity contribution in [3.05, 3.63) is 83.9 Å². The van der Waals surface area contributed by atoms with Crippen molar-refractivity contribution in [3.8, 4) is 11.5 Å². The molecule has 9 heteroatoms. The van der Waals surface area contributed by atoms with Gasteiger partial charge >= 0.3 is 0 Å². The van der Waals surface area contributed by atoms with Crippen LogP contribution < -0.4 is 20.1 Å². The van der Waals surface area contributed by atoms with Gasteiger partial charge < -0.3 is 20.1 Å². The summed E-state index contributed by atoms with van der Waals surface area (Å²) in [5.41, 5.74) is 2.67. The monoisotopic (exact) mass is 513 g/mol. The van der Waals surface area contributed by atoms with Gasteiger partial charge in [-0.1, -0.05) is 60.5 Å². The molecule has 2 amide bonds. The molecule has 1 saturated carbocycles. The number of benzene rings is 3. The number of carbonyl (C=O) groups excluding carboxylic acids is 2. The second-order valence-corrected chi connectivity index (χ2v) is 9.41. The van der Waals surface area contributed by atoms with Gasteiger partial charge in [0.15, 0.2) is 6.04 Å². The van der Waals surface area contributed by atoms with Crippen molar-refractivity contribution in [3.63, 3.8) is 0 Å². The van der Waals surface area contributed by atoms with Gasteiger partial charge in [0.05, 0.1) is 19.7 Å². The molecule has 1 aliphatic rings. The van der Waals surface area contributed by atoms with Crippen LogP contribution in [0.2, 0.25) is 0 Å². The Morgan fingerprint density at radius 3 is 2.21 bits per heavy atom. The van der Waals surface area contributed by atoms with Gasteiger partial charge in [-0.15, -0.1) is 5.10 Å². The number of hydrogen-bond donors (Lipinski definition) is 2. The lowest BCUT2D eigenvalue weighted by atomic mass is 10.0. The minimum absolute atomic E-state index is 0.0820. The number of nitrogens with zero attached hydrogens (tertiary/aromatic N) is 3. The zero-order valence-electron chi connectivity index (χ0n) is 21.5. The summed E-state index contributed by atoms with van der Waals surface area (Å²) in [6.07, 6.45) is 3.99. The molecule has 3 aromatic carbocycles. The molecule has 0 radical (unpaired) electrons. The number of nitrogens with one attached hydrogen (secondary N) is 2. The lowest BCUT2D eigenvalue weighted by Gasteiger charge is -2.25. The van der Waals surface area contributed by atoms with Crippen LogP contribution in [0.4, 0.5) is 0 Å². The van der Waals surface area contributed by atoms with Gasteiger partial charge in [0, 0.05) is 12.1 Å². The summed E-state index contributed by atoms with van der Waals surface area (Å²) >= 11 is 0. The second-order valence-electron chi connectivity index (χ2n) is 9.41. The van der Waals surface area contributed by atoms with Crippen LogP contribution in [0, 0.1) is 0 Å². The van der Waals surface area contributed by atoms with Gasteiger partial charge in [-0.3, -0.25) is 9.59 Å². The first-order valence-electron chi connectivity index (χ1n) is 12.8. The van der Waals surface area contributed by atoms with Crippen molar-refractivity contribution in [1.82, 2.24) is 25.6 Å². The molecule has 0 aliphatic heterocycles. The van der Waals surface area contributed by atoms with E-state index in [4.69, 9.17) is 9.47 Å². The zero-order valence-corrected chi connectivity index (χ0v) is 21.5. The van der Waals surface area contributed by atoms with Crippen molar-refractivity contribution in [1.29, 1.82) is 0 Å². The Labute approximate surface area is 221 Å². The first-order chi connectivity index (χ1) is 18.6. The number of amides is 2. The van der Waals surface area contributed by atoms with Crippen LogP contribution in [0.5, 0.6) is 11.5 Å². The average molecular weight is 514 g/mol. The molecule has 2 N–H and O–H groups in total. The van der Waals surface area contributed by atoms with Crippen LogP contribution >= 0.6 is 0 Å². The van der Waals surface area contributed by atoms with E-state index in [1.54, 1.807) is 37.1 Å². The maximum absolute atomic E-state index is 14.1. The van der Waals surface area contributed by atoms with Gasteiger partial charge in [-0.05, 0) is 48.2 Å². The highest BCUT2D eigenvalue weighted by Gasteiger charge is 2.32. The van der Waals surface area contributed by atoms with Crippen molar-refractivity contribution >= 4 is 22.8 Å². The van der Waals surface area contributed by atoms with E-state index in [9.17, 15) is 9.59 Å². The number of methoxy groups -OCH3 is 2. The first-order valence-corrected chi connectivity index (χ1v) is 12.8. The molecule has 1 aromatic heterocycles. The summed E-state index contributed by atoms with van der Waals surface area (Å²) in [4.78, 5) is 27.7. The van der Waals surface area contributed by atoms with Crippen LogP contribution in [0.15, 0.2) is 72.8 Å². The quantitative estimate of drug-likeness (QED) is 0.351. The number of para-hydroxylation sites is 1. The van der Waals surface area contributed by atoms with Crippen molar-refractivity contribution in [2.24, 2.45) is 0 Å². The predicted molar refractivity (Wildman–Crippen MR) is 143 cm³/mol. The van der Waals surface area contributed by atoms with Gasteiger partial charge in [-0.2, -0.15) is 0 Å². The third-order valence-corrected chi connectivity index (χ3v) is 6.94. The smallest absolute Gasteiger partial charge is 0.250 e. The van der Waals surface area contributed by atoms with Crippen LogP contribution in [0.3, 0.4) is 0 Å². The molecule has 9 nitrogen and oxygen atoms in total. The standard InChI is InChI=1S/C29H31N5O4/c1-37-22-16-20(17-23(18-22)38-2)26(28(35)30-21-12-6-7-13-21)31-29(36)27(19-10-4-3-5-11-19)34-25-15-9-8-14-24(25)32-33-34/h3-5,8-11,14-18,21,26-27H,6-7,12-13H2,1-2H3,(H,30,35)(H,31,36)/t26-,27+/m0/s1. The number of rotatable bonds is 9.